The van der Waals surface area contributed by atoms with Crippen LogP contribution in [0.25, 0.3) is 0 Å². The molecular weight excluding hydrogens is 379 g/mol. The molecule has 0 N–H and O–H groups in total. The maximum atomic E-state index is 12.8. The van der Waals surface area contributed by atoms with Crippen LogP contribution in [-0.4, -0.2) is 30.2 Å². The van der Waals surface area contributed by atoms with Gasteiger partial charge < -0.3 is 4.74 Å². The molecule has 1 aliphatic rings. The van der Waals surface area contributed by atoms with Crippen LogP contribution in [0.1, 0.15) is 16.7 Å². The molecule has 1 saturated heterocycles. The van der Waals surface area contributed by atoms with Crippen molar-refractivity contribution in [2.75, 3.05) is 18.0 Å². The van der Waals surface area contributed by atoms with Gasteiger partial charge in [-0.15, -0.1) is 0 Å². The first kappa shape index (κ1) is 20.1. The maximum Gasteiger partial charge on any atom is 0.414 e. The lowest BCUT2D eigenvalue weighted by Crippen LogP contribution is -2.34. The summed E-state index contributed by atoms with van der Waals surface area (Å²) in [6.45, 7) is 2.15. The van der Waals surface area contributed by atoms with Gasteiger partial charge in [0.15, 0.2) is 0 Å². The zero-order chi connectivity index (χ0) is 20.8. The Balaban J connectivity index is 1.45. The van der Waals surface area contributed by atoms with E-state index in [9.17, 15) is 9.18 Å². The number of nitrogens with zero attached hydrogens (tertiary/aromatic N) is 2. The first-order valence-corrected chi connectivity index (χ1v) is 10.1. The lowest BCUT2D eigenvalue weighted by atomic mass is 10.1. The monoisotopic (exact) mass is 404 g/mol. The number of ether oxygens (including phenoxy) is 1. The molecule has 0 spiro atoms. The molecule has 1 atom stereocenters. The van der Waals surface area contributed by atoms with Gasteiger partial charge in [-0.1, -0.05) is 72.8 Å². The van der Waals surface area contributed by atoms with E-state index in [1.165, 1.54) is 11.1 Å². The molecule has 154 valence electrons. The molecule has 1 amide bonds. The minimum Gasteiger partial charge on any atom is -0.443 e. The van der Waals surface area contributed by atoms with Crippen molar-refractivity contribution in [1.29, 1.82) is 0 Å². The Bertz CT molecular complexity index is 906. The molecule has 4 rings (SSSR count). The molecule has 1 aliphatic heterocycles. The standard InChI is InChI=1S/C25H25FN2O2/c26-15-20-11-13-23(14-12-20)28-19-24(30-25(28)29)18-27(16-21-7-3-1-4-8-21)17-22-9-5-2-6-10-22/h1-14,24H,15-19H2/t24-/m1/s1. The van der Waals surface area contributed by atoms with E-state index < -0.39 is 6.67 Å². The van der Waals surface area contributed by atoms with Crippen molar-refractivity contribution >= 4 is 11.8 Å². The van der Waals surface area contributed by atoms with Crippen LogP contribution < -0.4 is 4.90 Å². The summed E-state index contributed by atoms with van der Waals surface area (Å²) in [6.07, 6.45) is -0.585. The fourth-order valence-corrected chi connectivity index (χ4v) is 3.75. The van der Waals surface area contributed by atoms with E-state index in [2.05, 4.69) is 29.2 Å². The zero-order valence-electron chi connectivity index (χ0n) is 16.8. The van der Waals surface area contributed by atoms with Gasteiger partial charge in [-0.2, -0.15) is 0 Å². The Morgan fingerprint density at radius 3 is 1.93 bits per heavy atom. The quantitative estimate of drug-likeness (QED) is 0.518. The smallest absolute Gasteiger partial charge is 0.414 e. The minimum absolute atomic E-state index is 0.231. The summed E-state index contributed by atoms with van der Waals surface area (Å²) in [7, 11) is 0. The molecular formula is C25H25FN2O2. The Kier molecular flexibility index (Phi) is 6.40. The van der Waals surface area contributed by atoms with Gasteiger partial charge >= 0.3 is 6.09 Å². The number of halogens is 1. The van der Waals surface area contributed by atoms with Gasteiger partial charge in [-0.3, -0.25) is 9.80 Å². The molecule has 3 aromatic rings. The van der Waals surface area contributed by atoms with Crippen LogP contribution in [-0.2, 0) is 24.5 Å². The number of hydrogen-bond acceptors (Lipinski definition) is 3. The van der Waals surface area contributed by atoms with Gasteiger partial charge in [0.05, 0.1) is 6.54 Å². The molecule has 0 aliphatic carbocycles. The molecule has 0 saturated carbocycles. The predicted molar refractivity (Wildman–Crippen MR) is 116 cm³/mol. The molecule has 4 nitrogen and oxygen atoms in total. The van der Waals surface area contributed by atoms with Gasteiger partial charge in [0.1, 0.15) is 12.8 Å². The normalized spacial score (nSPS) is 16.1. The lowest BCUT2D eigenvalue weighted by Gasteiger charge is -2.25. The van der Waals surface area contributed by atoms with E-state index in [1.807, 2.05) is 36.4 Å². The van der Waals surface area contributed by atoms with E-state index in [0.717, 1.165) is 18.8 Å². The number of cyclic esters (lactones) is 1. The number of carbonyl (C=O) groups is 1. The summed E-state index contributed by atoms with van der Waals surface area (Å²) in [4.78, 5) is 16.4. The van der Waals surface area contributed by atoms with Crippen molar-refractivity contribution in [1.82, 2.24) is 4.90 Å². The number of anilines is 1. The fraction of sp³-hybridized carbons (Fsp3) is 0.240. The van der Waals surface area contributed by atoms with Crippen LogP contribution in [0, 0.1) is 0 Å². The Morgan fingerprint density at radius 1 is 0.833 bits per heavy atom. The second-order valence-corrected chi connectivity index (χ2v) is 7.56. The SMILES string of the molecule is O=C1O[C@H](CN(Cc2ccccc2)Cc2ccccc2)CN1c1ccc(CF)cc1. The molecule has 0 radical (unpaired) electrons. The van der Waals surface area contributed by atoms with Gasteiger partial charge in [0, 0.05) is 25.3 Å². The van der Waals surface area contributed by atoms with Gasteiger partial charge in [-0.25, -0.2) is 9.18 Å². The third-order valence-electron chi connectivity index (χ3n) is 5.24. The largest absolute Gasteiger partial charge is 0.443 e. The summed E-state index contributed by atoms with van der Waals surface area (Å²) in [5.74, 6) is 0. The second-order valence-electron chi connectivity index (χ2n) is 7.56. The minimum atomic E-state index is -0.513. The van der Waals surface area contributed by atoms with Crippen LogP contribution in [0.5, 0.6) is 0 Å². The van der Waals surface area contributed by atoms with E-state index >= 15 is 0 Å². The highest BCUT2D eigenvalue weighted by Crippen LogP contribution is 2.23. The van der Waals surface area contributed by atoms with Crippen molar-refractivity contribution in [2.45, 2.75) is 25.9 Å². The number of rotatable bonds is 8. The summed E-state index contributed by atoms with van der Waals surface area (Å²) in [5.41, 5.74) is 3.77. The van der Waals surface area contributed by atoms with Crippen LogP contribution in [0.3, 0.4) is 0 Å². The fourth-order valence-electron chi connectivity index (χ4n) is 3.75. The van der Waals surface area contributed by atoms with Crippen LogP contribution in [0.2, 0.25) is 0 Å². The highest BCUT2D eigenvalue weighted by Gasteiger charge is 2.33. The summed E-state index contributed by atoms with van der Waals surface area (Å²) in [6, 6.07) is 27.5. The number of carbonyl (C=O) groups excluding carboxylic acids is 1. The average Bonchev–Trinajstić information content (AvgIpc) is 3.15. The van der Waals surface area contributed by atoms with Crippen LogP contribution >= 0.6 is 0 Å². The topological polar surface area (TPSA) is 32.8 Å². The number of amides is 1. The summed E-state index contributed by atoms with van der Waals surface area (Å²) >= 11 is 0. The zero-order valence-corrected chi connectivity index (χ0v) is 16.8. The second kappa shape index (κ2) is 9.55. The van der Waals surface area contributed by atoms with E-state index in [4.69, 9.17) is 4.74 Å². The molecule has 5 heteroatoms. The molecule has 30 heavy (non-hydrogen) atoms. The Morgan fingerprint density at radius 2 is 1.40 bits per heavy atom. The molecule has 0 aromatic heterocycles. The van der Waals surface area contributed by atoms with Crippen molar-refractivity contribution in [3.05, 3.63) is 102 Å². The highest BCUT2D eigenvalue weighted by molar-refractivity contribution is 5.89. The highest BCUT2D eigenvalue weighted by atomic mass is 19.1. The van der Waals surface area contributed by atoms with Crippen molar-refractivity contribution in [3.63, 3.8) is 0 Å². The van der Waals surface area contributed by atoms with Crippen LogP contribution in [0.15, 0.2) is 84.9 Å². The van der Waals surface area contributed by atoms with E-state index in [-0.39, 0.29) is 12.2 Å². The van der Waals surface area contributed by atoms with Crippen molar-refractivity contribution in [3.8, 4) is 0 Å². The van der Waals surface area contributed by atoms with E-state index in [1.54, 1.807) is 29.2 Å². The first-order valence-electron chi connectivity index (χ1n) is 10.1. The first-order chi connectivity index (χ1) is 14.7. The number of hydrogen-bond donors (Lipinski definition) is 0. The molecule has 0 bridgehead atoms. The van der Waals surface area contributed by atoms with E-state index in [0.29, 0.717) is 18.7 Å². The third kappa shape index (κ3) is 5.05. The molecule has 0 unspecified atom stereocenters. The predicted octanol–water partition coefficient (Wildman–Crippen LogP) is 5.18. The van der Waals surface area contributed by atoms with Gasteiger partial charge in [-0.05, 0) is 28.8 Å². The van der Waals surface area contributed by atoms with Crippen molar-refractivity contribution in [2.24, 2.45) is 0 Å². The van der Waals surface area contributed by atoms with Gasteiger partial charge in [0.25, 0.3) is 0 Å². The Hall–Kier alpha value is -3.18. The molecule has 3 aromatic carbocycles. The summed E-state index contributed by atoms with van der Waals surface area (Å²) < 4.78 is 18.4. The number of benzene rings is 3. The summed E-state index contributed by atoms with van der Waals surface area (Å²) in [5, 5.41) is 0. The maximum absolute atomic E-state index is 12.8. The average molecular weight is 404 g/mol. The van der Waals surface area contributed by atoms with Crippen LogP contribution in [0.4, 0.5) is 14.9 Å². The Labute approximate surface area is 176 Å². The van der Waals surface area contributed by atoms with Crippen molar-refractivity contribution < 1.29 is 13.9 Å². The lowest BCUT2D eigenvalue weighted by molar-refractivity contribution is 0.103. The number of alkyl halides is 1. The third-order valence-corrected chi connectivity index (χ3v) is 5.24. The van der Waals surface area contributed by atoms with Gasteiger partial charge in [0.2, 0.25) is 0 Å². The molecule has 1 heterocycles. The molecule has 1 fully saturated rings.